The summed E-state index contributed by atoms with van der Waals surface area (Å²) in [6, 6.07) is -0.699. The van der Waals surface area contributed by atoms with Gasteiger partial charge in [0.05, 0.1) is 6.20 Å². The molecule has 0 aliphatic heterocycles. The van der Waals surface area contributed by atoms with Crippen molar-refractivity contribution in [2.75, 3.05) is 0 Å². The Morgan fingerprint density at radius 1 is 1.35 bits per heavy atom. The van der Waals surface area contributed by atoms with Gasteiger partial charge in [-0.2, -0.15) is 0 Å². The summed E-state index contributed by atoms with van der Waals surface area (Å²) in [7, 11) is 0. The van der Waals surface area contributed by atoms with Crippen molar-refractivity contribution < 1.29 is 9.59 Å². The highest BCUT2D eigenvalue weighted by molar-refractivity contribution is 5.95. The van der Waals surface area contributed by atoms with Crippen LogP contribution in [0.2, 0.25) is 0 Å². The second-order valence-corrected chi connectivity index (χ2v) is 6.76. The molecule has 0 saturated heterocycles. The number of nitrogens with one attached hydrogen (secondary N) is 1. The number of aryl methyl sites for hydroxylation is 1. The van der Waals surface area contributed by atoms with Crippen LogP contribution in [0.1, 0.15) is 62.9 Å². The zero-order chi connectivity index (χ0) is 16.8. The fourth-order valence-corrected chi connectivity index (χ4v) is 3.08. The molecular formula is C16H27N5O2. The van der Waals surface area contributed by atoms with E-state index in [1.807, 2.05) is 13.8 Å². The topological polar surface area (TPSA) is 103 Å². The van der Waals surface area contributed by atoms with Gasteiger partial charge >= 0.3 is 0 Å². The van der Waals surface area contributed by atoms with E-state index in [1.54, 1.807) is 10.9 Å². The first-order valence-corrected chi connectivity index (χ1v) is 8.47. The van der Waals surface area contributed by atoms with E-state index in [9.17, 15) is 9.59 Å². The summed E-state index contributed by atoms with van der Waals surface area (Å²) < 4.78 is 1.71. The van der Waals surface area contributed by atoms with Crippen molar-refractivity contribution in [2.24, 2.45) is 17.6 Å². The second-order valence-electron chi connectivity index (χ2n) is 6.76. The van der Waals surface area contributed by atoms with Crippen LogP contribution in [0.15, 0.2) is 6.20 Å². The van der Waals surface area contributed by atoms with Gasteiger partial charge in [-0.05, 0) is 18.3 Å². The number of aromatic nitrogens is 3. The number of carbonyl (C=O) groups excluding carboxylic acids is 2. The summed E-state index contributed by atoms with van der Waals surface area (Å²) >= 11 is 0. The van der Waals surface area contributed by atoms with Crippen molar-refractivity contribution in [1.82, 2.24) is 20.3 Å². The molecule has 1 fully saturated rings. The Balaban J connectivity index is 1.87. The van der Waals surface area contributed by atoms with Crippen molar-refractivity contribution >= 4 is 11.8 Å². The molecule has 128 valence electrons. The van der Waals surface area contributed by atoms with Gasteiger partial charge in [0.2, 0.25) is 5.91 Å². The van der Waals surface area contributed by atoms with Crippen molar-refractivity contribution in [3.63, 3.8) is 0 Å². The first kappa shape index (κ1) is 17.4. The molecule has 1 aliphatic rings. The molecule has 1 aliphatic carbocycles. The van der Waals surface area contributed by atoms with Crippen molar-refractivity contribution in [2.45, 2.75) is 65.0 Å². The molecule has 1 atom stereocenters. The fraction of sp³-hybridized carbons (Fsp3) is 0.750. The highest BCUT2D eigenvalue weighted by Gasteiger charge is 2.23. The van der Waals surface area contributed by atoms with Gasteiger partial charge in [0.15, 0.2) is 5.69 Å². The SMILES string of the molecule is CC(C)[C@H](NC(=O)c1cn(CCC2CCCCC2)nn1)C(N)=O. The number of hydrogen-bond acceptors (Lipinski definition) is 4. The van der Waals surface area contributed by atoms with Crippen molar-refractivity contribution in [3.8, 4) is 0 Å². The smallest absolute Gasteiger partial charge is 0.274 e. The first-order chi connectivity index (χ1) is 11.0. The van der Waals surface area contributed by atoms with Crippen LogP contribution in [-0.4, -0.2) is 32.9 Å². The molecule has 2 amide bonds. The minimum Gasteiger partial charge on any atom is -0.368 e. The summed E-state index contributed by atoms with van der Waals surface area (Å²) in [6.07, 6.45) is 9.27. The largest absolute Gasteiger partial charge is 0.368 e. The van der Waals surface area contributed by atoms with Crippen LogP contribution in [0, 0.1) is 11.8 Å². The Kier molecular flexibility index (Phi) is 6.12. The maximum atomic E-state index is 12.1. The molecule has 0 unspecified atom stereocenters. The molecule has 1 aromatic heterocycles. The third-order valence-corrected chi connectivity index (χ3v) is 4.52. The number of nitrogens with two attached hydrogens (primary N) is 1. The van der Waals surface area contributed by atoms with Gasteiger partial charge < -0.3 is 11.1 Å². The fourth-order valence-electron chi connectivity index (χ4n) is 3.08. The molecule has 7 nitrogen and oxygen atoms in total. The minimum absolute atomic E-state index is 0.0715. The quantitative estimate of drug-likeness (QED) is 0.794. The summed E-state index contributed by atoms with van der Waals surface area (Å²) in [5, 5.41) is 10.5. The monoisotopic (exact) mass is 321 g/mol. The highest BCUT2D eigenvalue weighted by Crippen LogP contribution is 2.26. The molecule has 2 rings (SSSR count). The molecule has 1 saturated carbocycles. The van der Waals surface area contributed by atoms with Gasteiger partial charge in [-0.15, -0.1) is 5.10 Å². The Morgan fingerprint density at radius 2 is 2.04 bits per heavy atom. The van der Waals surface area contributed by atoms with Crippen LogP contribution in [0.5, 0.6) is 0 Å². The van der Waals surface area contributed by atoms with Gasteiger partial charge in [-0.1, -0.05) is 51.2 Å². The van der Waals surface area contributed by atoms with E-state index in [1.165, 1.54) is 32.1 Å². The lowest BCUT2D eigenvalue weighted by Gasteiger charge is -2.20. The summed E-state index contributed by atoms with van der Waals surface area (Å²) in [5.74, 6) is -0.271. The third kappa shape index (κ3) is 5.04. The number of primary amides is 1. The first-order valence-electron chi connectivity index (χ1n) is 8.47. The van der Waals surface area contributed by atoms with Crippen LogP contribution in [0.25, 0.3) is 0 Å². The van der Waals surface area contributed by atoms with E-state index in [2.05, 4.69) is 15.6 Å². The van der Waals surface area contributed by atoms with Crippen molar-refractivity contribution in [3.05, 3.63) is 11.9 Å². The normalized spacial score (nSPS) is 17.2. The lowest BCUT2D eigenvalue weighted by Crippen LogP contribution is -2.47. The Hall–Kier alpha value is -1.92. The number of carbonyl (C=O) groups is 2. The van der Waals surface area contributed by atoms with Crippen LogP contribution in [-0.2, 0) is 11.3 Å². The van der Waals surface area contributed by atoms with E-state index in [0.29, 0.717) is 0 Å². The van der Waals surface area contributed by atoms with Crippen LogP contribution in [0.4, 0.5) is 0 Å². The standard InChI is InChI=1S/C16H27N5O2/c1-11(2)14(15(17)22)18-16(23)13-10-21(20-19-13)9-8-12-6-4-3-5-7-12/h10-12,14H,3-9H2,1-2H3,(H2,17,22)(H,18,23)/t14-/m0/s1. The maximum Gasteiger partial charge on any atom is 0.274 e. The molecule has 3 N–H and O–H groups in total. The Morgan fingerprint density at radius 3 is 2.65 bits per heavy atom. The van der Waals surface area contributed by atoms with E-state index in [-0.39, 0.29) is 11.6 Å². The molecular weight excluding hydrogens is 294 g/mol. The number of rotatable bonds is 7. The van der Waals surface area contributed by atoms with Gasteiger partial charge in [0.1, 0.15) is 6.04 Å². The van der Waals surface area contributed by atoms with E-state index in [0.717, 1.165) is 18.9 Å². The molecule has 0 radical (unpaired) electrons. The van der Waals surface area contributed by atoms with Crippen LogP contribution >= 0.6 is 0 Å². The molecule has 1 aromatic rings. The minimum atomic E-state index is -0.699. The number of nitrogens with zero attached hydrogens (tertiary/aromatic N) is 3. The Labute approximate surface area is 137 Å². The average Bonchev–Trinajstić information content (AvgIpc) is 3.00. The van der Waals surface area contributed by atoms with E-state index in [4.69, 9.17) is 5.73 Å². The number of amides is 2. The zero-order valence-electron chi connectivity index (χ0n) is 14.0. The highest BCUT2D eigenvalue weighted by atomic mass is 16.2. The zero-order valence-corrected chi connectivity index (χ0v) is 14.0. The predicted molar refractivity (Wildman–Crippen MR) is 86.5 cm³/mol. The predicted octanol–water partition coefficient (Wildman–Crippen LogP) is 1.49. The summed E-state index contributed by atoms with van der Waals surface area (Å²) in [5.41, 5.74) is 5.53. The lowest BCUT2D eigenvalue weighted by atomic mass is 9.87. The summed E-state index contributed by atoms with van der Waals surface area (Å²) in [6.45, 7) is 4.43. The van der Waals surface area contributed by atoms with Gasteiger partial charge in [-0.3, -0.25) is 14.3 Å². The molecule has 0 aromatic carbocycles. The van der Waals surface area contributed by atoms with Gasteiger partial charge in [0, 0.05) is 6.54 Å². The Bertz CT molecular complexity index is 534. The molecule has 0 spiro atoms. The van der Waals surface area contributed by atoms with E-state index < -0.39 is 17.9 Å². The van der Waals surface area contributed by atoms with Gasteiger partial charge in [0.25, 0.3) is 5.91 Å². The third-order valence-electron chi connectivity index (χ3n) is 4.52. The maximum absolute atomic E-state index is 12.1. The number of hydrogen-bond donors (Lipinski definition) is 2. The van der Waals surface area contributed by atoms with Gasteiger partial charge in [-0.25, -0.2) is 0 Å². The van der Waals surface area contributed by atoms with Crippen LogP contribution in [0.3, 0.4) is 0 Å². The van der Waals surface area contributed by atoms with E-state index >= 15 is 0 Å². The van der Waals surface area contributed by atoms with Crippen LogP contribution < -0.4 is 11.1 Å². The summed E-state index contributed by atoms with van der Waals surface area (Å²) in [4.78, 5) is 23.5. The second kappa shape index (κ2) is 8.08. The lowest BCUT2D eigenvalue weighted by molar-refractivity contribution is -0.120. The molecule has 7 heteroatoms. The molecule has 0 bridgehead atoms. The molecule has 23 heavy (non-hydrogen) atoms. The average molecular weight is 321 g/mol. The molecule has 1 heterocycles. The van der Waals surface area contributed by atoms with Crippen molar-refractivity contribution in [1.29, 1.82) is 0 Å².